The molecule has 1 heterocycles. The second-order valence-corrected chi connectivity index (χ2v) is 3.29. The summed E-state index contributed by atoms with van der Waals surface area (Å²) < 4.78 is 0. The lowest BCUT2D eigenvalue weighted by Gasteiger charge is -2.32. The Morgan fingerprint density at radius 3 is 2.15 bits per heavy atom. The van der Waals surface area contributed by atoms with Gasteiger partial charge in [-0.25, -0.2) is 0 Å². The molecule has 1 saturated heterocycles. The molecule has 0 amide bonds. The molecular formula is C9H23N3O. The van der Waals surface area contributed by atoms with Crippen molar-refractivity contribution in [2.24, 2.45) is 5.73 Å². The second kappa shape index (κ2) is 8.44. The second-order valence-electron chi connectivity index (χ2n) is 3.29. The first-order valence-electron chi connectivity index (χ1n) is 4.88. The Labute approximate surface area is 81.3 Å². The van der Waals surface area contributed by atoms with Gasteiger partial charge < -0.3 is 20.6 Å². The van der Waals surface area contributed by atoms with Gasteiger partial charge in [0.05, 0.1) is 0 Å². The Morgan fingerprint density at radius 2 is 1.69 bits per heavy atom. The fourth-order valence-corrected chi connectivity index (χ4v) is 1.39. The van der Waals surface area contributed by atoms with Crippen LogP contribution < -0.4 is 5.73 Å². The van der Waals surface area contributed by atoms with Crippen LogP contribution in [0.2, 0.25) is 0 Å². The number of rotatable bonds is 3. The van der Waals surface area contributed by atoms with E-state index in [1.54, 1.807) is 0 Å². The predicted octanol–water partition coefficient (Wildman–Crippen LogP) is -0.809. The van der Waals surface area contributed by atoms with Gasteiger partial charge in [0.2, 0.25) is 0 Å². The minimum absolute atomic E-state index is 0.826. The zero-order valence-electron chi connectivity index (χ0n) is 8.87. The van der Waals surface area contributed by atoms with E-state index in [-0.39, 0.29) is 0 Å². The Balaban J connectivity index is 0.000000671. The van der Waals surface area contributed by atoms with E-state index in [0.717, 1.165) is 20.1 Å². The predicted molar refractivity (Wildman–Crippen MR) is 55.8 cm³/mol. The van der Waals surface area contributed by atoms with Gasteiger partial charge >= 0.3 is 0 Å². The first kappa shape index (κ1) is 12.8. The zero-order chi connectivity index (χ0) is 10.1. The summed E-state index contributed by atoms with van der Waals surface area (Å²) in [4.78, 5) is 4.87. The van der Waals surface area contributed by atoms with Gasteiger partial charge in [-0.1, -0.05) is 0 Å². The molecule has 0 aromatic rings. The lowest BCUT2D eigenvalue weighted by atomic mass is 10.3. The van der Waals surface area contributed by atoms with Crippen LogP contribution in [-0.4, -0.2) is 68.3 Å². The Hall–Kier alpha value is -0.160. The Morgan fingerprint density at radius 1 is 1.15 bits per heavy atom. The van der Waals surface area contributed by atoms with E-state index in [2.05, 4.69) is 16.8 Å². The number of hydrogen-bond donors (Lipinski definition) is 2. The fourth-order valence-electron chi connectivity index (χ4n) is 1.39. The van der Waals surface area contributed by atoms with Crippen molar-refractivity contribution < 1.29 is 5.11 Å². The summed E-state index contributed by atoms with van der Waals surface area (Å²) >= 11 is 0. The molecule has 0 atom stereocenters. The van der Waals surface area contributed by atoms with Crippen molar-refractivity contribution in [3.8, 4) is 0 Å². The molecule has 1 aliphatic rings. The number of nitrogens with zero attached hydrogens (tertiary/aromatic N) is 2. The van der Waals surface area contributed by atoms with Gasteiger partial charge in [0.15, 0.2) is 0 Å². The molecule has 0 aromatic carbocycles. The van der Waals surface area contributed by atoms with Crippen LogP contribution in [0.4, 0.5) is 0 Å². The molecule has 0 unspecified atom stereocenters. The molecule has 1 rings (SSSR count). The zero-order valence-corrected chi connectivity index (χ0v) is 8.87. The SMILES string of the molecule is CN1CCN(CCCN)CC1.CO. The number of piperazine rings is 1. The van der Waals surface area contributed by atoms with E-state index in [9.17, 15) is 0 Å². The molecule has 0 aliphatic carbocycles. The van der Waals surface area contributed by atoms with Gasteiger partial charge in [0, 0.05) is 33.3 Å². The highest BCUT2D eigenvalue weighted by Crippen LogP contribution is 1.98. The standard InChI is InChI=1S/C8H19N3.CH4O/c1-10-5-7-11(8-6-10)4-2-3-9;1-2/h2-9H2,1H3;2H,1H3. The van der Waals surface area contributed by atoms with Crippen LogP contribution in [0.1, 0.15) is 6.42 Å². The Bertz CT molecular complexity index is 100. The largest absolute Gasteiger partial charge is 0.400 e. The van der Waals surface area contributed by atoms with Crippen molar-refractivity contribution in [3.63, 3.8) is 0 Å². The van der Waals surface area contributed by atoms with Crippen molar-refractivity contribution in [2.75, 3.05) is 53.4 Å². The lowest BCUT2D eigenvalue weighted by Crippen LogP contribution is -2.44. The summed E-state index contributed by atoms with van der Waals surface area (Å²) in [7, 11) is 3.18. The average Bonchev–Trinajstić information content (AvgIpc) is 2.20. The molecular weight excluding hydrogens is 166 g/mol. The van der Waals surface area contributed by atoms with E-state index in [1.807, 2.05) is 0 Å². The quantitative estimate of drug-likeness (QED) is 0.610. The van der Waals surface area contributed by atoms with Gasteiger partial charge in [-0.2, -0.15) is 0 Å². The van der Waals surface area contributed by atoms with E-state index in [1.165, 1.54) is 32.7 Å². The maximum Gasteiger partial charge on any atom is 0.0319 e. The van der Waals surface area contributed by atoms with E-state index >= 15 is 0 Å². The highest BCUT2D eigenvalue weighted by molar-refractivity contribution is 4.68. The van der Waals surface area contributed by atoms with Gasteiger partial charge in [0.25, 0.3) is 0 Å². The van der Waals surface area contributed by atoms with Gasteiger partial charge in [-0.3, -0.25) is 0 Å². The van der Waals surface area contributed by atoms with Crippen molar-refractivity contribution in [1.82, 2.24) is 9.80 Å². The molecule has 3 N–H and O–H groups in total. The Kier molecular flexibility index (Phi) is 8.33. The third kappa shape index (κ3) is 5.99. The molecule has 13 heavy (non-hydrogen) atoms. The van der Waals surface area contributed by atoms with Crippen molar-refractivity contribution in [1.29, 1.82) is 0 Å². The number of likely N-dealkylation sites (N-methyl/N-ethyl adjacent to an activating group) is 1. The highest BCUT2D eigenvalue weighted by atomic mass is 16.2. The number of nitrogens with two attached hydrogens (primary N) is 1. The van der Waals surface area contributed by atoms with Crippen LogP contribution in [0.3, 0.4) is 0 Å². The van der Waals surface area contributed by atoms with Crippen LogP contribution in [0.5, 0.6) is 0 Å². The molecule has 4 nitrogen and oxygen atoms in total. The summed E-state index contributed by atoms with van der Waals surface area (Å²) in [5.41, 5.74) is 5.44. The number of hydrogen-bond acceptors (Lipinski definition) is 4. The maximum absolute atomic E-state index is 7.00. The van der Waals surface area contributed by atoms with Crippen LogP contribution in [0.25, 0.3) is 0 Å². The smallest absolute Gasteiger partial charge is 0.0319 e. The normalized spacial score (nSPS) is 19.4. The molecule has 1 aliphatic heterocycles. The first-order valence-corrected chi connectivity index (χ1v) is 4.88. The van der Waals surface area contributed by atoms with Crippen LogP contribution in [0.15, 0.2) is 0 Å². The van der Waals surface area contributed by atoms with Gasteiger partial charge in [0.1, 0.15) is 0 Å². The van der Waals surface area contributed by atoms with Crippen molar-refractivity contribution in [2.45, 2.75) is 6.42 Å². The maximum atomic E-state index is 7.00. The van der Waals surface area contributed by atoms with Crippen LogP contribution >= 0.6 is 0 Å². The number of aliphatic hydroxyl groups is 1. The van der Waals surface area contributed by atoms with Crippen molar-refractivity contribution >= 4 is 0 Å². The number of aliphatic hydroxyl groups excluding tert-OH is 1. The lowest BCUT2D eigenvalue weighted by molar-refractivity contribution is 0.153. The molecule has 0 saturated carbocycles. The third-order valence-electron chi connectivity index (χ3n) is 2.27. The third-order valence-corrected chi connectivity index (χ3v) is 2.27. The van der Waals surface area contributed by atoms with Crippen molar-refractivity contribution in [3.05, 3.63) is 0 Å². The van der Waals surface area contributed by atoms with E-state index in [4.69, 9.17) is 10.8 Å². The topological polar surface area (TPSA) is 52.7 Å². The summed E-state index contributed by atoms with van der Waals surface area (Å²) in [6, 6.07) is 0. The van der Waals surface area contributed by atoms with Gasteiger partial charge in [-0.05, 0) is 26.6 Å². The van der Waals surface area contributed by atoms with Gasteiger partial charge in [-0.15, -0.1) is 0 Å². The summed E-state index contributed by atoms with van der Waals surface area (Å²) in [6.07, 6.45) is 1.14. The summed E-state index contributed by atoms with van der Waals surface area (Å²) in [5, 5.41) is 7.00. The summed E-state index contributed by atoms with van der Waals surface area (Å²) in [6.45, 7) is 6.87. The van der Waals surface area contributed by atoms with E-state index < -0.39 is 0 Å². The van der Waals surface area contributed by atoms with E-state index in [0.29, 0.717) is 0 Å². The molecule has 0 aromatic heterocycles. The molecule has 1 fully saturated rings. The highest BCUT2D eigenvalue weighted by Gasteiger charge is 2.11. The monoisotopic (exact) mass is 189 g/mol. The minimum Gasteiger partial charge on any atom is -0.400 e. The molecule has 80 valence electrons. The molecule has 0 radical (unpaired) electrons. The molecule has 0 bridgehead atoms. The molecule has 0 spiro atoms. The summed E-state index contributed by atoms with van der Waals surface area (Å²) in [5.74, 6) is 0. The van der Waals surface area contributed by atoms with Crippen LogP contribution in [-0.2, 0) is 0 Å². The van der Waals surface area contributed by atoms with Crippen LogP contribution in [0, 0.1) is 0 Å². The molecule has 4 heteroatoms. The average molecular weight is 189 g/mol. The minimum atomic E-state index is 0.826. The first-order chi connectivity index (χ1) is 6.33. The fraction of sp³-hybridized carbons (Fsp3) is 1.00.